The maximum Gasteiger partial charge on any atom is 0.309 e. The molecule has 0 radical (unpaired) electrons. The first kappa shape index (κ1) is 13.9. The maximum atomic E-state index is 12.5. The van der Waals surface area contributed by atoms with Crippen molar-refractivity contribution in [2.45, 2.75) is 0 Å². The van der Waals surface area contributed by atoms with Gasteiger partial charge in [-0.05, 0) is 40.3 Å². The molecule has 6 heteroatoms. The Labute approximate surface area is 102 Å². The number of nitrogens with one attached hydrogen (secondary N) is 1. The third-order valence-corrected chi connectivity index (χ3v) is 5.03. The van der Waals surface area contributed by atoms with E-state index in [1.807, 2.05) is 6.07 Å². The van der Waals surface area contributed by atoms with Crippen LogP contribution in [0.25, 0.3) is 0 Å². The standard InChI is InChI=1S/C11H18N3O2P/c1-13(2)17(16,14(3)4)12-11(15)10-8-6-5-7-9-10/h5-9H,1-4H3,(H,12,15,16). The highest BCUT2D eigenvalue weighted by Gasteiger charge is 2.30. The van der Waals surface area contributed by atoms with Gasteiger partial charge in [-0.1, -0.05) is 18.2 Å². The van der Waals surface area contributed by atoms with E-state index in [1.54, 1.807) is 52.5 Å². The number of amides is 1. The van der Waals surface area contributed by atoms with Crippen LogP contribution < -0.4 is 5.09 Å². The minimum absolute atomic E-state index is 0.337. The molecule has 0 aromatic heterocycles. The molecule has 0 fully saturated rings. The minimum atomic E-state index is -3.02. The van der Waals surface area contributed by atoms with Crippen molar-refractivity contribution in [3.8, 4) is 0 Å². The fourth-order valence-electron chi connectivity index (χ4n) is 1.34. The molecule has 0 spiro atoms. The second-order valence-electron chi connectivity index (χ2n) is 4.05. The highest BCUT2D eigenvalue weighted by atomic mass is 31.2. The van der Waals surface area contributed by atoms with Crippen molar-refractivity contribution in [3.05, 3.63) is 35.9 Å². The normalized spacial score (nSPS) is 11.9. The summed E-state index contributed by atoms with van der Waals surface area (Å²) < 4.78 is 15.6. The Balaban J connectivity index is 2.91. The number of hydrogen-bond donors (Lipinski definition) is 1. The van der Waals surface area contributed by atoms with Gasteiger partial charge in [-0.3, -0.25) is 14.4 Å². The van der Waals surface area contributed by atoms with Crippen LogP contribution in [0.1, 0.15) is 10.4 Å². The third-order valence-electron chi connectivity index (χ3n) is 2.37. The van der Waals surface area contributed by atoms with Crippen LogP contribution in [0.2, 0.25) is 0 Å². The van der Waals surface area contributed by atoms with Gasteiger partial charge in [0, 0.05) is 5.56 Å². The van der Waals surface area contributed by atoms with E-state index in [1.165, 1.54) is 9.34 Å². The Morgan fingerprint density at radius 3 is 1.94 bits per heavy atom. The Morgan fingerprint density at radius 2 is 1.53 bits per heavy atom. The first-order valence-corrected chi connectivity index (χ1v) is 6.82. The summed E-state index contributed by atoms with van der Waals surface area (Å²) >= 11 is 0. The smallest absolute Gasteiger partial charge is 0.279 e. The fraction of sp³-hybridized carbons (Fsp3) is 0.364. The van der Waals surface area contributed by atoms with Gasteiger partial charge in [-0.2, -0.15) is 0 Å². The lowest BCUT2D eigenvalue weighted by Crippen LogP contribution is -2.34. The minimum Gasteiger partial charge on any atom is -0.279 e. The average Bonchev–Trinajstić information content (AvgIpc) is 2.29. The molecule has 1 aromatic carbocycles. The molecule has 0 unspecified atom stereocenters. The topological polar surface area (TPSA) is 52.7 Å². The Kier molecular flexibility index (Phi) is 4.46. The van der Waals surface area contributed by atoms with Gasteiger partial charge in [0.05, 0.1) is 0 Å². The molecule has 0 saturated carbocycles. The Morgan fingerprint density at radius 1 is 1.06 bits per heavy atom. The van der Waals surface area contributed by atoms with Crippen LogP contribution in [-0.4, -0.2) is 43.4 Å². The van der Waals surface area contributed by atoms with Gasteiger partial charge in [0.25, 0.3) is 5.91 Å². The summed E-state index contributed by atoms with van der Waals surface area (Å²) in [6.45, 7) is 0. The van der Waals surface area contributed by atoms with Crippen molar-refractivity contribution in [2.24, 2.45) is 0 Å². The van der Waals surface area contributed by atoms with E-state index < -0.39 is 7.59 Å². The third kappa shape index (κ3) is 3.16. The number of rotatable bonds is 4. The molecular weight excluding hydrogens is 237 g/mol. The summed E-state index contributed by atoms with van der Waals surface area (Å²) in [7, 11) is 3.67. The molecule has 0 bridgehead atoms. The van der Waals surface area contributed by atoms with Crippen LogP contribution in [0, 0.1) is 0 Å². The van der Waals surface area contributed by atoms with Crippen molar-refractivity contribution in [3.63, 3.8) is 0 Å². The lowest BCUT2D eigenvalue weighted by atomic mass is 10.2. The van der Waals surface area contributed by atoms with Crippen LogP contribution in [0.5, 0.6) is 0 Å². The fourth-order valence-corrected chi connectivity index (χ4v) is 2.85. The van der Waals surface area contributed by atoms with Crippen LogP contribution in [-0.2, 0) is 4.57 Å². The van der Waals surface area contributed by atoms with Crippen molar-refractivity contribution in [2.75, 3.05) is 28.2 Å². The number of carbonyl (C=O) groups excluding carboxylic acids is 1. The molecule has 94 valence electrons. The molecule has 0 aliphatic rings. The molecule has 0 heterocycles. The second-order valence-corrected chi connectivity index (χ2v) is 6.96. The van der Waals surface area contributed by atoms with Gasteiger partial charge < -0.3 is 0 Å². The summed E-state index contributed by atoms with van der Waals surface area (Å²) in [5.41, 5.74) is 0.497. The van der Waals surface area contributed by atoms with Crippen molar-refractivity contribution in [1.82, 2.24) is 14.4 Å². The average molecular weight is 255 g/mol. The van der Waals surface area contributed by atoms with Gasteiger partial charge in [0.15, 0.2) is 0 Å². The second kappa shape index (κ2) is 5.45. The molecule has 5 nitrogen and oxygen atoms in total. The summed E-state index contributed by atoms with van der Waals surface area (Å²) in [4.78, 5) is 11.9. The number of nitrogens with zero attached hydrogens (tertiary/aromatic N) is 2. The Hall–Kier alpha value is -1.16. The van der Waals surface area contributed by atoms with Gasteiger partial charge in [-0.25, -0.2) is 9.34 Å². The van der Waals surface area contributed by atoms with E-state index in [9.17, 15) is 9.36 Å². The summed E-state index contributed by atoms with van der Waals surface area (Å²) in [5, 5.41) is 2.58. The molecule has 17 heavy (non-hydrogen) atoms. The van der Waals surface area contributed by atoms with Crippen molar-refractivity contribution < 1.29 is 9.36 Å². The molecule has 0 aliphatic heterocycles. The number of benzene rings is 1. The van der Waals surface area contributed by atoms with E-state index in [0.29, 0.717) is 5.56 Å². The molecule has 1 aromatic rings. The SMILES string of the molecule is CN(C)P(=O)(NC(=O)c1ccccc1)N(C)C. The molecular formula is C11H18N3O2P. The Bertz CT molecular complexity index is 420. The monoisotopic (exact) mass is 255 g/mol. The maximum absolute atomic E-state index is 12.5. The van der Waals surface area contributed by atoms with Crippen LogP contribution in [0.4, 0.5) is 0 Å². The van der Waals surface area contributed by atoms with Crippen LogP contribution in [0.3, 0.4) is 0 Å². The summed E-state index contributed by atoms with van der Waals surface area (Å²) in [6, 6.07) is 8.74. The zero-order valence-electron chi connectivity index (χ0n) is 10.5. The van der Waals surface area contributed by atoms with E-state index >= 15 is 0 Å². The largest absolute Gasteiger partial charge is 0.309 e. The molecule has 1 amide bonds. The summed E-state index contributed by atoms with van der Waals surface area (Å²) in [5.74, 6) is -0.337. The zero-order chi connectivity index (χ0) is 13.1. The zero-order valence-corrected chi connectivity index (χ0v) is 11.4. The van der Waals surface area contributed by atoms with Gasteiger partial charge in [0.1, 0.15) is 0 Å². The predicted octanol–water partition coefficient (Wildman–Crippen LogP) is 1.65. The summed E-state index contributed by atoms with van der Waals surface area (Å²) in [6.07, 6.45) is 0. The molecule has 0 saturated heterocycles. The van der Waals surface area contributed by atoms with Gasteiger partial charge >= 0.3 is 7.59 Å². The molecule has 1 N–H and O–H groups in total. The first-order valence-electron chi connectivity index (χ1n) is 5.21. The van der Waals surface area contributed by atoms with Gasteiger partial charge in [-0.15, -0.1) is 0 Å². The molecule has 0 atom stereocenters. The van der Waals surface area contributed by atoms with E-state index in [0.717, 1.165) is 0 Å². The van der Waals surface area contributed by atoms with Crippen LogP contribution in [0.15, 0.2) is 30.3 Å². The van der Waals surface area contributed by atoms with E-state index in [4.69, 9.17) is 0 Å². The number of hydrogen-bond acceptors (Lipinski definition) is 2. The molecule has 1 rings (SSSR count). The lowest BCUT2D eigenvalue weighted by molar-refractivity contribution is 0.0976. The molecule has 0 aliphatic carbocycles. The lowest BCUT2D eigenvalue weighted by Gasteiger charge is -2.30. The van der Waals surface area contributed by atoms with Gasteiger partial charge in [0.2, 0.25) is 0 Å². The van der Waals surface area contributed by atoms with Crippen molar-refractivity contribution in [1.29, 1.82) is 0 Å². The number of carbonyl (C=O) groups is 1. The highest BCUT2D eigenvalue weighted by molar-refractivity contribution is 7.57. The van der Waals surface area contributed by atoms with E-state index in [2.05, 4.69) is 5.09 Å². The highest BCUT2D eigenvalue weighted by Crippen LogP contribution is 2.44. The van der Waals surface area contributed by atoms with E-state index in [-0.39, 0.29) is 5.91 Å². The predicted molar refractivity (Wildman–Crippen MR) is 68.9 cm³/mol. The van der Waals surface area contributed by atoms with Crippen LogP contribution >= 0.6 is 7.59 Å². The van der Waals surface area contributed by atoms with Crippen molar-refractivity contribution >= 4 is 13.5 Å². The quantitative estimate of drug-likeness (QED) is 0.831. The first-order chi connectivity index (χ1) is 7.88.